The first-order valence-electron chi connectivity index (χ1n) is 9.08. The lowest BCUT2D eigenvalue weighted by atomic mass is 10.1. The van der Waals surface area contributed by atoms with Crippen LogP contribution in [0.25, 0.3) is 0 Å². The van der Waals surface area contributed by atoms with E-state index in [0.717, 1.165) is 38.0 Å². The number of nitro groups is 1. The number of nitro benzene ring substituents is 1. The lowest BCUT2D eigenvalue weighted by Gasteiger charge is -2.28. The maximum atomic E-state index is 12.7. The van der Waals surface area contributed by atoms with Crippen LogP contribution in [0.4, 0.5) is 22.7 Å². The summed E-state index contributed by atoms with van der Waals surface area (Å²) in [5.41, 5.74) is 2.37. The number of carbonyl (C=O) groups is 1. The maximum absolute atomic E-state index is 12.7. The van der Waals surface area contributed by atoms with Crippen molar-refractivity contribution < 1.29 is 9.72 Å². The average Bonchev–Trinajstić information content (AvgIpc) is 2.68. The molecule has 3 rings (SSSR count). The van der Waals surface area contributed by atoms with E-state index in [1.165, 1.54) is 6.07 Å². The average molecular weight is 368 g/mol. The van der Waals surface area contributed by atoms with Crippen molar-refractivity contribution in [2.75, 3.05) is 42.3 Å². The predicted octanol–water partition coefficient (Wildman–Crippen LogP) is 3.90. The monoisotopic (exact) mass is 368 g/mol. The van der Waals surface area contributed by atoms with Crippen LogP contribution in [0.5, 0.6) is 0 Å². The first kappa shape index (κ1) is 18.7. The Labute approximate surface area is 158 Å². The van der Waals surface area contributed by atoms with Gasteiger partial charge in [0.15, 0.2) is 0 Å². The number of piperidine rings is 1. The van der Waals surface area contributed by atoms with Crippen molar-refractivity contribution in [3.63, 3.8) is 0 Å². The molecule has 1 aliphatic heterocycles. The summed E-state index contributed by atoms with van der Waals surface area (Å²) in [6, 6.07) is 12.2. The number of hydrogen-bond acceptors (Lipinski definition) is 5. The van der Waals surface area contributed by atoms with E-state index in [9.17, 15) is 14.9 Å². The highest BCUT2D eigenvalue weighted by atomic mass is 16.6. The van der Waals surface area contributed by atoms with E-state index in [1.54, 1.807) is 12.1 Å². The molecule has 1 fully saturated rings. The van der Waals surface area contributed by atoms with Gasteiger partial charge in [-0.3, -0.25) is 14.9 Å². The molecule has 0 unspecified atom stereocenters. The van der Waals surface area contributed by atoms with Gasteiger partial charge < -0.3 is 15.1 Å². The molecule has 0 radical (unpaired) electrons. The van der Waals surface area contributed by atoms with Crippen LogP contribution < -0.4 is 15.1 Å². The van der Waals surface area contributed by atoms with Crippen molar-refractivity contribution in [2.45, 2.75) is 19.3 Å². The molecule has 0 bridgehead atoms. The van der Waals surface area contributed by atoms with Gasteiger partial charge in [0.1, 0.15) is 5.69 Å². The second-order valence-electron chi connectivity index (χ2n) is 6.87. The summed E-state index contributed by atoms with van der Waals surface area (Å²) in [6.07, 6.45) is 3.21. The van der Waals surface area contributed by atoms with E-state index >= 15 is 0 Å². The molecule has 1 amide bonds. The topological polar surface area (TPSA) is 78.7 Å². The van der Waals surface area contributed by atoms with Crippen molar-refractivity contribution in [2.24, 2.45) is 0 Å². The van der Waals surface area contributed by atoms with E-state index in [4.69, 9.17) is 0 Å². The molecule has 1 saturated heterocycles. The standard InChI is InChI=1S/C20H24N4O3/c1-22(2)17-9-5-4-8-16(17)21-20(25)15-10-11-18(19(14-15)24(26)27)23-12-6-3-7-13-23/h4-5,8-11,14H,3,6-7,12-13H2,1-2H3,(H,21,25). The Morgan fingerprint density at radius 2 is 1.81 bits per heavy atom. The smallest absolute Gasteiger partial charge is 0.293 e. The number of amides is 1. The van der Waals surface area contributed by atoms with Crippen LogP contribution in [0.3, 0.4) is 0 Å². The lowest BCUT2D eigenvalue weighted by molar-refractivity contribution is -0.384. The van der Waals surface area contributed by atoms with Crippen LogP contribution in [0.1, 0.15) is 29.6 Å². The van der Waals surface area contributed by atoms with Gasteiger partial charge in [-0.15, -0.1) is 0 Å². The van der Waals surface area contributed by atoms with Crippen LogP contribution in [0, 0.1) is 10.1 Å². The number of hydrogen-bond donors (Lipinski definition) is 1. The molecule has 0 aromatic heterocycles. The molecular formula is C20H24N4O3. The Balaban J connectivity index is 1.87. The first-order chi connectivity index (χ1) is 13.0. The van der Waals surface area contributed by atoms with E-state index < -0.39 is 4.92 Å². The summed E-state index contributed by atoms with van der Waals surface area (Å²) in [7, 11) is 3.78. The Morgan fingerprint density at radius 1 is 1.11 bits per heavy atom. The number of rotatable bonds is 5. The fourth-order valence-corrected chi connectivity index (χ4v) is 3.38. The van der Waals surface area contributed by atoms with Crippen molar-refractivity contribution in [1.29, 1.82) is 0 Å². The highest BCUT2D eigenvalue weighted by Gasteiger charge is 2.23. The fraction of sp³-hybridized carbons (Fsp3) is 0.350. The lowest BCUT2D eigenvalue weighted by Crippen LogP contribution is -2.30. The second-order valence-corrected chi connectivity index (χ2v) is 6.87. The first-order valence-corrected chi connectivity index (χ1v) is 9.08. The zero-order valence-electron chi connectivity index (χ0n) is 15.6. The van der Waals surface area contributed by atoms with Crippen LogP contribution in [0.15, 0.2) is 42.5 Å². The molecule has 2 aromatic carbocycles. The molecule has 142 valence electrons. The number of benzene rings is 2. The Bertz CT molecular complexity index is 845. The Kier molecular flexibility index (Phi) is 5.59. The number of para-hydroxylation sites is 2. The van der Waals surface area contributed by atoms with Gasteiger partial charge in [0.25, 0.3) is 11.6 Å². The van der Waals surface area contributed by atoms with Crippen molar-refractivity contribution in [3.8, 4) is 0 Å². The minimum Gasteiger partial charge on any atom is -0.376 e. The Morgan fingerprint density at radius 3 is 2.48 bits per heavy atom. The van der Waals surface area contributed by atoms with E-state index in [0.29, 0.717) is 11.4 Å². The minimum atomic E-state index is -0.408. The van der Waals surface area contributed by atoms with Gasteiger partial charge >= 0.3 is 0 Å². The molecule has 0 atom stereocenters. The van der Waals surface area contributed by atoms with Gasteiger partial charge in [-0.05, 0) is 43.5 Å². The highest BCUT2D eigenvalue weighted by Crippen LogP contribution is 2.32. The number of nitrogens with one attached hydrogen (secondary N) is 1. The molecule has 0 aliphatic carbocycles. The van der Waals surface area contributed by atoms with Crippen LogP contribution in [-0.2, 0) is 0 Å². The summed E-state index contributed by atoms with van der Waals surface area (Å²) in [6.45, 7) is 1.62. The second kappa shape index (κ2) is 8.07. The summed E-state index contributed by atoms with van der Waals surface area (Å²) >= 11 is 0. The molecule has 0 spiro atoms. The predicted molar refractivity (Wildman–Crippen MR) is 108 cm³/mol. The third kappa shape index (κ3) is 4.19. The summed E-state index contributed by atoms with van der Waals surface area (Å²) < 4.78 is 0. The summed E-state index contributed by atoms with van der Waals surface area (Å²) in [5, 5.41) is 14.4. The molecule has 1 N–H and O–H groups in total. The third-order valence-corrected chi connectivity index (χ3v) is 4.77. The molecule has 1 heterocycles. The SMILES string of the molecule is CN(C)c1ccccc1NC(=O)c1ccc(N2CCCCC2)c([N+](=O)[O-])c1. The number of nitrogens with zero attached hydrogens (tertiary/aromatic N) is 3. The van der Waals surface area contributed by atoms with Gasteiger partial charge in [-0.2, -0.15) is 0 Å². The number of carbonyl (C=O) groups excluding carboxylic acids is 1. The maximum Gasteiger partial charge on any atom is 0.293 e. The quantitative estimate of drug-likeness (QED) is 0.639. The molecule has 2 aromatic rings. The molecular weight excluding hydrogens is 344 g/mol. The molecule has 27 heavy (non-hydrogen) atoms. The molecule has 7 heteroatoms. The van der Waals surface area contributed by atoms with Crippen molar-refractivity contribution >= 4 is 28.7 Å². The van der Waals surface area contributed by atoms with Gasteiger partial charge in [0.2, 0.25) is 0 Å². The summed E-state index contributed by atoms with van der Waals surface area (Å²) in [4.78, 5) is 27.8. The minimum absolute atomic E-state index is 0.0227. The van der Waals surface area contributed by atoms with Gasteiger partial charge in [-0.1, -0.05) is 12.1 Å². The zero-order valence-corrected chi connectivity index (χ0v) is 15.6. The van der Waals surface area contributed by atoms with Gasteiger partial charge in [-0.25, -0.2) is 0 Å². The van der Waals surface area contributed by atoms with Crippen molar-refractivity contribution in [1.82, 2.24) is 0 Å². The zero-order chi connectivity index (χ0) is 19.4. The van der Waals surface area contributed by atoms with Crippen LogP contribution in [0.2, 0.25) is 0 Å². The van der Waals surface area contributed by atoms with E-state index in [-0.39, 0.29) is 17.2 Å². The normalized spacial score (nSPS) is 13.9. The molecule has 0 saturated carbocycles. The van der Waals surface area contributed by atoms with E-state index in [2.05, 4.69) is 5.32 Å². The van der Waals surface area contributed by atoms with Gasteiger partial charge in [0.05, 0.1) is 16.3 Å². The van der Waals surface area contributed by atoms with Crippen LogP contribution in [-0.4, -0.2) is 38.0 Å². The molecule has 7 nitrogen and oxygen atoms in total. The molecule has 1 aliphatic rings. The fourth-order valence-electron chi connectivity index (χ4n) is 3.38. The van der Waals surface area contributed by atoms with Gasteiger partial charge in [0, 0.05) is 38.8 Å². The van der Waals surface area contributed by atoms with Crippen molar-refractivity contribution in [3.05, 3.63) is 58.1 Å². The van der Waals surface area contributed by atoms with E-state index in [1.807, 2.05) is 48.2 Å². The third-order valence-electron chi connectivity index (χ3n) is 4.77. The van der Waals surface area contributed by atoms with Crippen LogP contribution >= 0.6 is 0 Å². The highest BCUT2D eigenvalue weighted by molar-refractivity contribution is 6.06. The Hall–Kier alpha value is -3.09. The largest absolute Gasteiger partial charge is 0.376 e. The number of anilines is 3. The summed E-state index contributed by atoms with van der Waals surface area (Å²) in [5.74, 6) is -0.363.